The Labute approximate surface area is 178 Å². The fourth-order valence-electron chi connectivity index (χ4n) is 4.27. The van der Waals surface area contributed by atoms with Crippen molar-refractivity contribution in [1.29, 1.82) is 0 Å². The third kappa shape index (κ3) is 4.07. The Morgan fingerprint density at radius 1 is 1.13 bits per heavy atom. The predicted molar refractivity (Wildman–Crippen MR) is 123 cm³/mol. The molecule has 0 amide bonds. The molecular weight excluding hydrogens is 374 g/mol. The first-order chi connectivity index (χ1) is 14.3. The molecule has 7 heteroatoms. The zero-order valence-corrected chi connectivity index (χ0v) is 18.8. The summed E-state index contributed by atoms with van der Waals surface area (Å²) in [5.41, 5.74) is 6.74. The first-order valence-electron chi connectivity index (χ1n) is 10.6. The van der Waals surface area contributed by atoms with Crippen molar-refractivity contribution in [2.75, 3.05) is 25.5 Å². The van der Waals surface area contributed by atoms with E-state index in [1.807, 2.05) is 50.5 Å². The zero-order valence-electron chi connectivity index (χ0n) is 18.8. The summed E-state index contributed by atoms with van der Waals surface area (Å²) < 4.78 is 1.92. The number of nitrogens with one attached hydrogen (secondary N) is 1. The number of pyridine rings is 1. The van der Waals surface area contributed by atoms with Gasteiger partial charge in [-0.2, -0.15) is 0 Å². The highest BCUT2D eigenvalue weighted by atomic mass is 15.3. The van der Waals surface area contributed by atoms with Crippen LogP contribution < -0.4 is 5.32 Å². The van der Waals surface area contributed by atoms with Gasteiger partial charge in [0.05, 0.1) is 28.3 Å². The molecule has 0 radical (unpaired) electrons. The van der Waals surface area contributed by atoms with Crippen LogP contribution in [0.4, 0.5) is 11.6 Å². The number of fused-ring (bicyclic) bond motifs is 1. The quantitative estimate of drug-likeness (QED) is 0.656. The molecule has 0 bridgehead atoms. The van der Waals surface area contributed by atoms with Crippen LogP contribution in [0, 0.1) is 19.8 Å². The molecule has 0 spiro atoms. The molecule has 0 aromatic carbocycles. The summed E-state index contributed by atoms with van der Waals surface area (Å²) in [6, 6.07) is 6.51. The maximum atomic E-state index is 4.80. The Kier molecular flexibility index (Phi) is 5.56. The van der Waals surface area contributed by atoms with E-state index in [-0.39, 0.29) is 0 Å². The van der Waals surface area contributed by atoms with E-state index in [1.54, 1.807) is 0 Å². The van der Waals surface area contributed by atoms with E-state index in [2.05, 4.69) is 35.2 Å². The number of hydrogen-bond donors (Lipinski definition) is 1. The van der Waals surface area contributed by atoms with Crippen LogP contribution in [0.15, 0.2) is 29.4 Å². The van der Waals surface area contributed by atoms with E-state index in [0.717, 1.165) is 59.1 Å². The second kappa shape index (κ2) is 8.14. The lowest BCUT2D eigenvalue weighted by Gasteiger charge is -2.35. The molecule has 0 saturated carbocycles. The van der Waals surface area contributed by atoms with Crippen LogP contribution in [0.2, 0.25) is 0 Å². The zero-order chi connectivity index (χ0) is 21.4. The minimum absolute atomic E-state index is 0.396. The van der Waals surface area contributed by atoms with Gasteiger partial charge in [-0.15, -0.1) is 5.10 Å². The van der Waals surface area contributed by atoms with E-state index in [1.165, 1.54) is 0 Å². The second-order valence-electron chi connectivity index (χ2n) is 8.68. The van der Waals surface area contributed by atoms with Crippen LogP contribution >= 0.6 is 0 Å². The van der Waals surface area contributed by atoms with Crippen LogP contribution in [-0.4, -0.2) is 56.4 Å². The van der Waals surface area contributed by atoms with Gasteiger partial charge in [-0.1, -0.05) is 6.92 Å². The maximum absolute atomic E-state index is 4.80. The normalized spacial score (nSPS) is 19.8. The molecule has 158 valence electrons. The number of aromatic nitrogens is 4. The molecule has 4 rings (SSSR count). The minimum Gasteiger partial charge on any atom is -0.350 e. The van der Waals surface area contributed by atoms with Gasteiger partial charge in [0.15, 0.2) is 0 Å². The average molecular weight is 406 g/mol. The highest BCUT2D eigenvalue weighted by Gasteiger charge is 2.25. The first kappa shape index (κ1) is 20.5. The number of piperidine rings is 1. The summed E-state index contributed by atoms with van der Waals surface area (Å²) in [5, 5.41) is 8.31. The van der Waals surface area contributed by atoms with Gasteiger partial charge in [-0.3, -0.25) is 9.98 Å². The van der Waals surface area contributed by atoms with Crippen LogP contribution in [0.25, 0.3) is 16.8 Å². The van der Waals surface area contributed by atoms with Gasteiger partial charge in [0, 0.05) is 30.1 Å². The highest BCUT2D eigenvalue weighted by molar-refractivity contribution is 5.84. The van der Waals surface area contributed by atoms with Gasteiger partial charge in [-0.05, 0) is 71.8 Å². The van der Waals surface area contributed by atoms with E-state index in [0.29, 0.717) is 17.9 Å². The van der Waals surface area contributed by atoms with Gasteiger partial charge in [-0.25, -0.2) is 9.50 Å². The number of nitrogens with zero attached hydrogens (tertiary/aromatic N) is 6. The smallest absolute Gasteiger partial charge is 0.241 e. The molecule has 7 nitrogen and oxygen atoms in total. The summed E-state index contributed by atoms with van der Waals surface area (Å²) in [5.74, 6) is 1.25. The van der Waals surface area contributed by atoms with Gasteiger partial charge in [0.2, 0.25) is 5.95 Å². The van der Waals surface area contributed by atoms with Crippen molar-refractivity contribution < 1.29 is 0 Å². The number of aliphatic imine (C=N–C) groups is 1. The molecule has 4 heterocycles. The van der Waals surface area contributed by atoms with E-state index >= 15 is 0 Å². The molecule has 1 saturated heterocycles. The van der Waals surface area contributed by atoms with Crippen molar-refractivity contribution in [3.63, 3.8) is 0 Å². The van der Waals surface area contributed by atoms with Crippen LogP contribution in [0.3, 0.4) is 0 Å². The van der Waals surface area contributed by atoms with Gasteiger partial charge in [0.25, 0.3) is 0 Å². The van der Waals surface area contributed by atoms with Crippen molar-refractivity contribution >= 4 is 22.9 Å². The Balaban J connectivity index is 1.65. The fourth-order valence-corrected chi connectivity index (χ4v) is 4.27. The van der Waals surface area contributed by atoms with Crippen molar-refractivity contribution in [3.05, 3.63) is 35.8 Å². The van der Waals surface area contributed by atoms with Gasteiger partial charge in [0.1, 0.15) is 0 Å². The number of anilines is 1. The second-order valence-corrected chi connectivity index (χ2v) is 8.68. The van der Waals surface area contributed by atoms with Crippen LogP contribution in [-0.2, 0) is 0 Å². The highest BCUT2D eigenvalue weighted by Crippen LogP contribution is 2.29. The summed E-state index contributed by atoms with van der Waals surface area (Å²) >= 11 is 0. The molecule has 1 aliphatic heterocycles. The third-order valence-corrected chi connectivity index (χ3v) is 5.79. The van der Waals surface area contributed by atoms with E-state index < -0.39 is 0 Å². The summed E-state index contributed by atoms with van der Waals surface area (Å²) in [6.07, 6.45) is 3.09. The lowest BCUT2D eigenvalue weighted by molar-refractivity contribution is 0.205. The molecular formula is C23H31N7. The van der Waals surface area contributed by atoms with Crippen molar-refractivity contribution in [1.82, 2.24) is 24.5 Å². The van der Waals surface area contributed by atoms with Crippen molar-refractivity contribution in [2.24, 2.45) is 10.9 Å². The molecule has 2 atom stereocenters. The topological polar surface area (TPSA) is 70.7 Å². The first-order valence-corrected chi connectivity index (χ1v) is 10.6. The molecule has 1 aliphatic rings. The predicted octanol–water partition coefficient (Wildman–Crippen LogP) is 4.27. The van der Waals surface area contributed by atoms with Gasteiger partial charge < -0.3 is 10.2 Å². The molecule has 3 aromatic heterocycles. The molecule has 3 aromatic rings. The Hall–Kier alpha value is -2.80. The van der Waals surface area contributed by atoms with Crippen molar-refractivity contribution in [2.45, 2.75) is 47.1 Å². The SMILES string of the molecule is CC(C)=Nc1ccc(-c2ccn3nc(NC4CCN(C)CC4C)nc(C)c23)nc1C. The Morgan fingerprint density at radius 2 is 1.93 bits per heavy atom. The Bertz CT molecular complexity index is 1090. The maximum Gasteiger partial charge on any atom is 0.241 e. The lowest BCUT2D eigenvalue weighted by atomic mass is 9.94. The molecule has 1 N–H and O–H groups in total. The number of likely N-dealkylation sites (tertiary alicyclic amines) is 1. The lowest BCUT2D eigenvalue weighted by Crippen LogP contribution is -2.43. The number of aryl methyl sites for hydroxylation is 2. The van der Waals surface area contributed by atoms with Gasteiger partial charge >= 0.3 is 0 Å². The molecule has 2 unspecified atom stereocenters. The average Bonchev–Trinajstić information content (AvgIpc) is 3.10. The van der Waals surface area contributed by atoms with Crippen LogP contribution in [0.1, 0.15) is 38.6 Å². The molecule has 1 fully saturated rings. The van der Waals surface area contributed by atoms with E-state index in [4.69, 9.17) is 15.1 Å². The summed E-state index contributed by atoms with van der Waals surface area (Å²) in [4.78, 5) is 16.5. The van der Waals surface area contributed by atoms with E-state index in [9.17, 15) is 0 Å². The monoisotopic (exact) mass is 405 g/mol. The minimum atomic E-state index is 0.396. The number of rotatable bonds is 4. The van der Waals surface area contributed by atoms with Crippen LogP contribution in [0.5, 0.6) is 0 Å². The summed E-state index contributed by atoms with van der Waals surface area (Å²) in [7, 11) is 2.18. The van der Waals surface area contributed by atoms with Crippen molar-refractivity contribution in [3.8, 4) is 11.3 Å². The standard InChI is InChI=1S/C23H31N7/c1-14(2)24-20-7-8-21(25-16(20)4)18-9-12-30-22(18)17(5)26-23(28-30)27-19-10-11-29(6)13-15(19)3/h7-9,12,15,19H,10-11,13H2,1-6H3,(H,27,28). The molecule has 0 aliphatic carbocycles. The largest absolute Gasteiger partial charge is 0.350 e. The third-order valence-electron chi connectivity index (χ3n) is 5.79. The molecule has 30 heavy (non-hydrogen) atoms. The fraction of sp³-hybridized carbons (Fsp3) is 0.478. The Morgan fingerprint density at radius 3 is 2.63 bits per heavy atom. The number of hydrogen-bond acceptors (Lipinski definition) is 6. The summed E-state index contributed by atoms with van der Waals surface area (Å²) in [6.45, 7) is 12.5.